The molecule has 0 fully saturated rings. The van der Waals surface area contributed by atoms with E-state index in [1.807, 2.05) is 18.2 Å². The minimum atomic E-state index is -0.627. The smallest absolute Gasteiger partial charge is 0.198 e. The molecule has 2 aromatic rings. The predicted octanol–water partition coefficient (Wildman–Crippen LogP) is 2.67. The van der Waals surface area contributed by atoms with Gasteiger partial charge in [0, 0.05) is 13.1 Å². The zero-order valence-electron chi connectivity index (χ0n) is 13.2. The largest absolute Gasteiger partial charge is 0.369 e. The van der Waals surface area contributed by atoms with Crippen molar-refractivity contribution in [3.05, 3.63) is 71.3 Å². The normalized spacial score (nSPS) is 23.3. The SMILES string of the molecule is Cc1cccc(C2(c3ccccc3)N=C(N)N3CCCN=C32)c1. The molecule has 4 nitrogen and oxygen atoms in total. The number of aryl methyl sites for hydroxylation is 1. The maximum absolute atomic E-state index is 6.27. The summed E-state index contributed by atoms with van der Waals surface area (Å²) in [5.74, 6) is 1.52. The summed E-state index contributed by atoms with van der Waals surface area (Å²) in [6.45, 7) is 3.81. The van der Waals surface area contributed by atoms with Gasteiger partial charge in [-0.25, -0.2) is 4.99 Å². The summed E-state index contributed by atoms with van der Waals surface area (Å²) in [5, 5.41) is 0. The zero-order valence-corrected chi connectivity index (χ0v) is 13.2. The van der Waals surface area contributed by atoms with E-state index in [0.29, 0.717) is 5.96 Å². The van der Waals surface area contributed by atoms with Gasteiger partial charge in [-0.3, -0.25) is 9.89 Å². The van der Waals surface area contributed by atoms with Gasteiger partial charge in [-0.2, -0.15) is 0 Å². The maximum atomic E-state index is 6.27. The molecular weight excluding hydrogens is 284 g/mol. The minimum absolute atomic E-state index is 0.564. The molecule has 2 N–H and O–H groups in total. The van der Waals surface area contributed by atoms with Crippen LogP contribution in [0.3, 0.4) is 0 Å². The van der Waals surface area contributed by atoms with Crippen molar-refractivity contribution in [2.75, 3.05) is 13.1 Å². The van der Waals surface area contributed by atoms with Gasteiger partial charge < -0.3 is 5.73 Å². The monoisotopic (exact) mass is 304 g/mol. The molecule has 0 saturated carbocycles. The Morgan fingerprint density at radius 2 is 1.83 bits per heavy atom. The molecule has 0 amide bonds. The van der Waals surface area contributed by atoms with Crippen LogP contribution in [-0.4, -0.2) is 29.8 Å². The number of nitrogens with zero attached hydrogens (tertiary/aromatic N) is 3. The Bertz CT molecular complexity index is 794. The average Bonchev–Trinajstić information content (AvgIpc) is 2.90. The number of amidine groups is 1. The zero-order chi connectivity index (χ0) is 15.9. The van der Waals surface area contributed by atoms with E-state index in [1.54, 1.807) is 0 Å². The van der Waals surface area contributed by atoms with Gasteiger partial charge in [0.2, 0.25) is 0 Å². The third-order valence-corrected chi connectivity index (χ3v) is 4.57. The van der Waals surface area contributed by atoms with Gasteiger partial charge in [0.05, 0.1) is 0 Å². The van der Waals surface area contributed by atoms with E-state index in [9.17, 15) is 0 Å². The van der Waals surface area contributed by atoms with Crippen molar-refractivity contribution in [3.8, 4) is 0 Å². The van der Waals surface area contributed by atoms with Crippen molar-refractivity contribution in [1.29, 1.82) is 0 Å². The van der Waals surface area contributed by atoms with Crippen molar-refractivity contribution < 1.29 is 0 Å². The fraction of sp³-hybridized carbons (Fsp3) is 0.263. The Kier molecular flexibility index (Phi) is 3.18. The van der Waals surface area contributed by atoms with Crippen LogP contribution >= 0.6 is 0 Å². The number of guanidine groups is 1. The first-order valence-electron chi connectivity index (χ1n) is 8.02. The van der Waals surface area contributed by atoms with Crippen LogP contribution in [0.25, 0.3) is 0 Å². The number of hydrogen-bond acceptors (Lipinski definition) is 4. The fourth-order valence-electron chi connectivity index (χ4n) is 3.52. The third kappa shape index (κ3) is 2.05. The molecule has 4 heteroatoms. The molecule has 0 saturated heterocycles. The number of hydrogen-bond donors (Lipinski definition) is 1. The number of fused-ring (bicyclic) bond motifs is 1. The van der Waals surface area contributed by atoms with E-state index >= 15 is 0 Å². The molecule has 0 spiro atoms. The van der Waals surface area contributed by atoms with Crippen LogP contribution in [-0.2, 0) is 5.54 Å². The molecule has 2 aromatic carbocycles. The Morgan fingerprint density at radius 1 is 1.04 bits per heavy atom. The lowest BCUT2D eigenvalue weighted by atomic mass is 9.81. The highest BCUT2D eigenvalue weighted by atomic mass is 15.4. The van der Waals surface area contributed by atoms with Crippen molar-refractivity contribution >= 4 is 11.8 Å². The molecule has 4 rings (SSSR count). The number of aliphatic imine (C=N–C) groups is 2. The minimum Gasteiger partial charge on any atom is -0.369 e. The van der Waals surface area contributed by atoms with Crippen LogP contribution in [0.15, 0.2) is 64.6 Å². The van der Waals surface area contributed by atoms with Gasteiger partial charge in [0.15, 0.2) is 11.5 Å². The quantitative estimate of drug-likeness (QED) is 0.927. The molecule has 0 bridgehead atoms. The fourth-order valence-corrected chi connectivity index (χ4v) is 3.52. The van der Waals surface area contributed by atoms with Crippen LogP contribution in [0, 0.1) is 6.92 Å². The molecule has 23 heavy (non-hydrogen) atoms. The van der Waals surface area contributed by atoms with Crippen LogP contribution in [0.1, 0.15) is 23.1 Å². The van der Waals surface area contributed by atoms with Gasteiger partial charge in [0.25, 0.3) is 0 Å². The lowest BCUT2D eigenvalue weighted by Gasteiger charge is -2.33. The van der Waals surface area contributed by atoms with Gasteiger partial charge in [-0.15, -0.1) is 0 Å². The summed E-state index contributed by atoms with van der Waals surface area (Å²) in [4.78, 5) is 11.8. The summed E-state index contributed by atoms with van der Waals surface area (Å²) in [7, 11) is 0. The van der Waals surface area contributed by atoms with Gasteiger partial charge >= 0.3 is 0 Å². The highest BCUT2D eigenvalue weighted by molar-refractivity contribution is 6.12. The summed E-state index contributed by atoms with van der Waals surface area (Å²) >= 11 is 0. The molecule has 0 aromatic heterocycles. The predicted molar refractivity (Wildman–Crippen MR) is 93.6 cm³/mol. The van der Waals surface area contributed by atoms with Gasteiger partial charge in [0.1, 0.15) is 5.84 Å². The second-order valence-electron chi connectivity index (χ2n) is 6.13. The summed E-state index contributed by atoms with van der Waals surface area (Å²) in [6, 6.07) is 18.8. The van der Waals surface area contributed by atoms with E-state index in [-0.39, 0.29) is 0 Å². The summed E-state index contributed by atoms with van der Waals surface area (Å²) in [5.41, 5.74) is 9.08. The molecular formula is C19H20N4. The molecule has 2 aliphatic heterocycles. The molecule has 1 unspecified atom stereocenters. The molecule has 2 aliphatic rings. The summed E-state index contributed by atoms with van der Waals surface area (Å²) < 4.78 is 0. The first-order valence-corrected chi connectivity index (χ1v) is 8.02. The Morgan fingerprint density at radius 3 is 2.61 bits per heavy atom. The van der Waals surface area contributed by atoms with E-state index in [0.717, 1.165) is 36.5 Å². The van der Waals surface area contributed by atoms with Crippen LogP contribution in [0.4, 0.5) is 0 Å². The van der Waals surface area contributed by atoms with Crippen LogP contribution in [0.2, 0.25) is 0 Å². The van der Waals surface area contributed by atoms with Crippen molar-refractivity contribution in [3.63, 3.8) is 0 Å². The Balaban J connectivity index is 2.01. The van der Waals surface area contributed by atoms with E-state index in [1.165, 1.54) is 5.56 Å². The third-order valence-electron chi connectivity index (χ3n) is 4.57. The lowest BCUT2D eigenvalue weighted by molar-refractivity contribution is 0.531. The molecule has 2 heterocycles. The van der Waals surface area contributed by atoms with E-state index in [2.05, 4.69) is 48.2 Å². The second kappa shape index (κ2) is 5.23. The lowest BCUT2D eigenvalue weighted by Crippen LogP contribution is -2.46. The van der Waals surface area contributed by atoms with Crippen molar-refractivity contribution in [2.45, 2.75) is 18.9 Å². The maximum Gasteiger partial charge on any atom is 0.198 e. The first-order chi connectivity index (χ1) is 11.2. The molecule has 0 radical (unpaired) electrons. The Hall–Kier alpha value is -2.62. The van der Waals surface area contributed by atoms with Crippen LogP contribution < -0.4 is 5.73 Å². The number of benzene rings is 2. The number of rotatable bonds is 2. The van der Waals surface area contributed by atoms with E-state index in [4.69, 9.17) is 15.7 Å². The first kappa shape index (κ1) is 14.0. The highest BCUT2D eigenvalue weighted by Crippen LogP contribution is 2.41. The number of nitrogens with two attached hydrogens (primary N) is 1. The average molecular weight is 304 g/mol. The highest BCUT2D eigenvalue weighted by Gasteiger charge is 2.48. The van der Waals surface area contributed by atoms with Crippen molar-refractivity contribution in [1.82, 2.24) is 4.90 Å². The Labute approximate surface area is 136 Å². The summed E-state index contributed by atoms with van der Waals surface area (Å²) in [6.07, 6.45) is 1.01. The molecule has 0 aliphatic carbocycles. The van der Waals surface area contributed by atoms with Gasteiger partial charge in [-0.05, 0) is 24.5 Å². The molecule has 1 atom stereocenters. The molecule has 116 valence electrons. The standard InChI is InChI=1S/C19H20N4/c1-14-7-5-10-16(13-14)19(15-8-3-2-4-9-15)17-21-11-6-12-23(17)18(20)22-19/h2-5,7-10,13H,6,11-12H2,1H3,(H2,20,22). The second-order valence-corrected chi connectivity index (χ2v) is 6.13. The van der Waals surface area contributed by atoms with E-state index < -0.39 is 5.54 Å². The van der Waals surface area contributed by atoms with Gasteiger partial charge in [-0.1, -0.05) is 60.2 Å². The van der Waals surface area contributed by atoms with Crippen molar-refractivity contribution in [2.24, 2.45) is 15.7 Å². The topological polar surface area (TPSA) is 54.0 Å². The van der Waals surface area contributed by atoms with Crippen LogP contribution in [0.5, 0.6) is 0 Å².